The van der Waals surface area contributed by atoms with E-state index in [1.807, 2.05) is 13.8 Å². The van der Waals surface area contributed by atoms with E-state index in [0.29, 0.717) is 12.6 Å². The van der Waals surface area contributed by atoms with Gasteiger partial charge in [-0.2, -0.15) is 0 Å². The van der Waals surface area contributed by atoms with Crippen LogP contribution in [0.5, 0.6) is 0 Å². The fourth-order valence-electron chi connectivity index (χ4n) is 1.88. The molecule has 1 N–H and O–H groups in total. The van der Waals surface area contributed by atoms with Crippen LogP contribution in [0.3, 0.4) is 0 Å². The van der Waals surface area contributed by atoms with E-state index < -0.39 is 0 Å². The summed E-state index contributed by atoms with van der Waals surface area (Å²) in [6, 6.07) is 0.469. The lowest BCUT2D eigenvalue weighted by atomic mass is 9.93. The van der Waals surface area contributed by atoms with Gasteiger partial charge in [0.25, 0.3) is 0 Å². The summed E-state index contributed by atoms with van der Waals surface area (Å²) >= 11 is 0. The molecule has 3 nitrogen and oxygen atoms in total. The zero-order chi connectivity index (χ0) is 11.9. The largest absolute Gasteiger partial charge is 0.395 e. The van der Waals surface area contributed by atoms with Crippen molar-refractivity contribution in [3.05, 3.63) is 0 Å². The summed E-state index contributed by atoms with van der Waals surface area (Å²) in [5.41, 5.74) is -0.322. The molecule has 0 atom stereocenters. The minimum Gasteiger partial charge on any atom is -0.395 e. The summed E-state index contributed by atoms with van der Waals surface area (Å²) in [5.74, 6) is 0. The zero-order valence-electron chi connectivity index (χ0n) is 10.5. The molecule has 0 aromatic heterocycles. The lowest BCUT2D eigenvalue weighted by molar-refractivity contribution is -0.116. The number of carbonyl (C=O) groups is 1. The molecule has 0 radical (unpaired) electrons. The highest BCUT2D eigenvalue weighted by Crippen LogP contribution is 2.17. The van der Waals surface area contributed by atoms with Crippen molar-refractivity contribution in [2.45, 2.75) is 46.6 Å². The lowest BCUT2D eigenvalue weighted by Gasteiger charge is -2.34. The Hall–Kier alpha value is -0.410. The van der Waals surface area contributed by atoms with E-state index in [1.54, 1.807) is 0 Å². The monoisotopic (exact) mass is 215 g/mol. The molecule has 0 aliphatic rings. The van der Waals surface area contributed by atoms with Crippen LogP contribution in [0.1, 0.15) is 40.5 Å². The van der Waals surface area contributed by atoms with Crippen molar-refractivity contribution < 1.29 is 9.90 Å². The number of aliphatic hydroxyl groups excluding tert-OH is 1. The van der Waals surface area contributed by atoms with Crippen LogP contribution >= 0.6 is 0 Å². The standard InChI is InChI=1S/C12H25NO2/c1-5-11(6-2)13(7-8-14)9-12(3,4)10-15/h10-11,14H,5-9H2,1-4H3. The first-order valence-corrected chi connectivity index (χ1v) is 5.82. The highest BCUT2D eigenvalue weighted by atomic mass is 16.3. The Kier molecular flexibility index (Phi) is 6.77. The number of hydrogen-bond acceptors (Lipinski definition) is 3. The molecule has 0 aromatic carbocycles. The van der Waals surface area contributed by atoms with Gasteiger partial charge in [-0.3, -0.25) is 4.90 Å². The average molecular weight is 215 g/mol. The van der Waals surface area contributed by atoms with Gasteiger partial charge in [0.2, 0.25) is 0 Å². The third-order valence-electron chi connectivity index (χ3n) is 2.78. The first kappa shape index (κ1) is 14.6. The molecule has 0 aromatic rings. The second-order valence-electron chi connectivity index (χ2n) is 4.77. The summed E-state index contributed by atoms with van der Waals surface area (Å²) in [4.78, 5) is 13.1. The van der Waals surface area contributed by atoms with Crippen molar-refractivity contribution in [2.75, 3.05) is 19.7 Å². The van der Waals surface area contributed by atoms with E-state index in [1.165, 1.54) is 0 Å². The normalized spacial score (nSPS) is 12.5. The maximum absolute atomic E-state index is 10.9. The van der Waals surface area contributed by atoms with Gasteiger partial charge in [0.05, 0.1) is 6.61 Å². The predicted octanol–water partition coefficient (Wildman–Crippen LogP) is 1.69. The second kappa shape index (κ2) is 6.96. The highest BCUT2D eigenvalue weighted by Gasteiger charge is 2.24. The Morgan fingerprint density at radius 1 is 1.33 bits per heavy atom. The number of aldehydes is 1. The number of hydrogen-bond donors (Lipinski definition) is 1. The Balaban J connectivity index is 4.44. The molecule has 0 spiro atoms. The van der Waals surface area contributed by atoms with Crippen molar-refractivity contribution >= 4 is 6.29 Å². The van der Waals surface area contributed by atoms with Crippen LogP contribution in [-0.4, -0.2) is 42.0 Å². The Labute approximate surface area is 93.5 Å². The fourth-order valence-corrected chi connectivity index (χ4v) is 1.88. The van der Waals surface area contributed by atoms with Gasteiger partial charge in [-0.1, -0.05) is 27.7 Å². The van der Waals surface area contributed by atoms with Crippen molar-refractivity contribution in [2.24, 2.45) is 5.41 Å². The average Bonchev–Trinajstić information content (AvgIpc) is 2.19. The molecule has 0 rings (SSSR count). The molecular weight excluding hydrogens is 190 g/mol. The summed E-state index contributed by atoms with van der Waals surface area (Å²) in [7, 11) is 0. The molecule has 15 heavy (non-hydrogen) atoms. The van der Waals surface area contributed by atoms with Crippen LogP contribution in [0.2, 0.25) is 0 Å². The van der Waals surface area contributed by atoms with E-state index in [9.17, 15) is 4.79 Å². The zero-order valence-corrected chi connectivity index (χ0v) is 10.5. The van der Waals surface area contributed by atoms with Gasteiger partial charge < -0.3 is 9.90 Å². The molecule has 0 fully saturated rings. The summed E-state index contributed by atoms with van der Waals surface area (Å²) in [6.45, 7) is 9.71. The van der Waals surface area contributed by atoms with Crippen molar-refractivity contribution in [1.29, 1.82) is 0 Å². The van der Waals surface area contributed by atoms with Crippen molar-refractivity contribution in [1.82, 2.24) is 4.90 Å². The molecule has 3 heteroatoms. The van der Waals surface area contributed by atoms with E-state index >= 15 is 0 Å². The molecule has 0 saturated heterocycles. The second-order valence-corrected chi connectivity index (χ2v) is 4.77. The van der Waals surface area contributed by atoms with Gasteiger partial charge in [-0.05, 0) is 12.8 Å². The van der Waals surface area contributed by atoms with Crippen LogP contribution in [-0.2, 0) is 4.79 Å². The Bertz CT molecular complexity index is 176. The first-order chi connectivity index (χ1) is 7.00. The van der Waals surface area contributed by atoms with Gasteiger partial charge in [-0.15, -0.1) is 0 Å². The van der Waals surface area contributed by atoms with Gasteiger partial charge in [0.15, 0.2) is 0 Å². The van der Waals surface area contributed by atoms with Crippen molar-refractivity contribution in [3.8, 4) is 0 Å². The number of aliphatic hydroxyl groups is 1. The van der Waals surface area contributed by atoms with E-state index in [2.05, 4.69) is 18.7 Å². The number of rotatable bonds is 8. The molecule has 0 heterocycles. The maximum atomic E-state index is 10.9. The third kappa shape index (κ3) is 5.28. The summed E-state index contributed by atoms with van der Waals surface area (Å²) in [6.07, 6.45) is 3.12. The van der Waals surface area contributed by atoms with Crippen LogP contribution < -0.4 is 0 Å². The minimum atomic E-state index is -0.322. The maximum Gasteiger partial charge on any atom is 0.126 e. The summed E-state index contributed by atoms with van der Waals surface area (Å²) in [5, 5.41) is 9.02. The molecule has 0 saturated carbocycles. The number of nitrogens with zero attached hydrogens (tertiary/aromatic N) is 1. The highest BCUT2D eigenvalue weighted by molar-refractivity contribution is 5.58. The minimum absolute atomic E-state index is 0.158. The van der Waals surface area contributed by atoms with Gasteiger partial charge in [0.1, 0.15) is 6.29 Å². The SMILES string of the molecule is CCC(CC)N(CCO)CC(C)(C)C=O. The lowest BCUT2D eigenvalue weighted by Crippen LogP contribution is -2.43. The van der Waals surface area contributed by atoms with Gasteiger partial charge in [0, 0.05) is 24.5 Å². The van der Waals surface area contributed by atoms with E-state index in [-0.39, 0.29) is 12.0 Å². The van der Waals surface area contributed by atoms with E-state index in [4.69, 9.17) is 5.11 Å². The molecule has 90 valence electrons. The van der Waals surface area contributed by atoms with Crippen LogP contribution in [0.4, 0.5) is 0 Å². The molecule has 0 aliphatic heterocycles. The molecule has 0 bridgehead atoms. The Morgan fingerprint density at radius 2 is 1.87 bits per heavy atom. The molecule has 0 amide bonds. The first-order valence-electron chi connectivity index (χ1n) is 5.82. The van der Waals surface area contributed by atoms with E-state index in [0.717, 1.165) is 25.7 Å². The predicted molar refractivity (Wildman–Crippen MR) is 62.9 cm³/mol. The quantitative estimate of drug-likeness (QED) is 0.626. The van der Waals surface area contributed by atoms with Crippen LogP contribution in [0, 0.1) is 5.41 Å². The fraction of sp³-hybridized carbons (Fsp3) is 0.917. The smallest absolute Gasteiger partial charge is 0.126 e. The van der Waals surface area contributed by atoms with Gasteiger partial charge >= 0.3 is 0 Å². The molecule has 0 unspecified atom stereocenters. The van der Waals surface area contributed by atoms with Crippen LogP contribution in [0.25, 0.3) is 0 Å². The Morgan fingerprint density at radius 3 is 2.20 bits per heavy atom. The van der Waals surface area contributed by atoms with Gasteiger partial charge in [-0.25, -0.2) is 0 Å². The topological polar surface area (TPSA) is 40.5 Å². The summed E-state index contributed by atoms with van der Waals surface area (Å²) < 4.78 is 0. The van der Waals surface area contributed by atoms with Crippen molar-refractivity contribution in [3.63, 3.8) is 0 Å². The number of carbonyl (C=O) groups excluding carboxylic acids is 1. The van der Waals surface area contributed by atoms with Crippen LogP contribution in [0.15, 0.2) is 0 Å². The molecular formula is C12H25NO2. The molecule has 0 aliphatic carbocycles. The third-order valence-corrected chi connectivity index (χ3v) is 2.78.